The Morgan fingerprint density at radius 2 is 1.37 bits per heavy atom. The van der Waals surface area contributed by atoms with Gasteiger partial charge < -0.3 is 47.4 Å². The van der Waals surface area contributed by atoms with Crippen LogP contribution in [0.25, 0.3) is 6.08 Å². The zero-order valence-corrected chi connectivity index (χ0v) is 37.2. The SMILES string of the molecule is CC=C(C)C(=O)OC1C(OC(=O)C=Cc2ccccc2)C2COC(=O)CCC(=O)CCCCCC[C@H](CCC)OC3OC(C)C(OC(C)=O)C(OC(C)=O)C3OC(O2)C1OC(C)=O. The minimum atomic E-state index is -1.78. The molecular formula is C46H62O17. The highest BCUT2D eigenvalue weighted by Crippen LogP contribution is 2.36. The first kappa shape index (κ1) is 50.7. The van der Waals surface area contributed by atoms with Gasteiger partial charge in [-0.3, -0.25) is 24.0 Å². The van der Waals surface area contributed by atoms with E-state index in [9.17, 15) is 33.6 Å². The lowest BCUT2D eigenvalue weighted by Gasteiger charge is -2.48. The van der Waals surface area contributed by atoms with E-state index in [0.717, 1.165) is 45.6 Å². The Morgan fingerprint density at radius 3 is 2.03 bits per heavy atom. The van der Waals surface area contributed by atoms with Crippen molar-refractivity contribution in [1.82, 2.24) is 0 Å². The second-order valence-electron chi connectivity index (χ2n) is 15.8. The number of esters is 6. The van der Waals surface area contributed by atoms with Gasteiger partial charge in [0.2, 0.25) is 0 Å². The summed E-state index contributed by atoms with van der Waals surface area (Å²) in [6, 6.07) is 8.85. The van der Waals surface area contributed by atoms with Crippen molar-refractivity contribution in [2.45, 2.75) is 180 Å². The van der Waals surface area contributed by atoms with Crippen LogP contribution in [0, 0.1) is 0 Å². The van der Waals surface area contributed by atoms with E-state index in [4.69, 9.17) is 47.4 Å². The van der Waals surface area contributed by atoms with E-state index in [1.807, 2.05) is 6.92 Å². The molecule has 0 aromatic heterocycles. The van der Waals surface area contributed by atoms with Crippen molar-refractivity contribution in [1.29, 1.82) is 0 Å². The fourth-order valence-electron chi connectivity index (χ4n) is 7.47. The first-order valence-corrected chi connectivity index (χ1v) is 21.7. The molecule has 0 aliphatic carbocycles. The fraction of sp³-hybridized carbons (Fsp3) is 0.630. The van der Waals surface area contributed by atoms with Gasteiger partial charge in [0.25, 0.3) is 0 Å². The van der Waals surface area contributed by atoms with E-state index >= 15 is 0 Å². The molecule has 10 unspecified atom stereocenters. The van der Waals surface area contributed by atoms with Crippen LogP contribution in [0.2, 0.25) is 0 Å². The number of hydrogen-bond acceptors (Lipinski definition) is 17. The summed E-state index contributed by atoms with van der Waals surface area (Å²) in [7, 11) is 0. The number of benzene rings is 1. The summed E-state index contributed by atoms with van der Waals surface area (Å²) in [4.78, 5) is 91.3. The van der Waals surface area contributed by atoms with Gasteiger partial charge in [0, 0.05) is 45.3 Å². The normalized spacial score (nSPS) is 30.5. The van der Waals surface area contributed by atoms with E-state index in [1.165, 1.54) is 26.0 Å². The number of Topliss-reactive ketones (excluding diaryl/α,β-unsaturated/α-hetero) is 1. The molecule has 11 atom stereocenters. The highest BCUT2D eigenvalue weighted by Gasteiger charge is 2.57. The summed E-state index contributed by atoms with van der Waals surface area (Å²) >= 11 is 0. The van der Waals surface area contributed by atoms with Crippen molar-refractivity contribution in [3.8, 4) is 0 Å². The number of rotatable bonds is 10. The highest BCUT2D eigenvalue weighted by molar-refractivity contribution is 5.88. The Labute approximate surface area is 368 Å². The summed E-state index contributed by atoms with van der Waals surface area (Å²) in [5.41, 5.74) is 0.800. The Bertz CT molecular complexity index is 1770. The molecule has 3 heterocycles. The van der Waals surface area contributed by atoms with Crippen LogP contribution >= 0.6 is 0 Å². The molecule has 1 aromatic rings. The standard InChI is InChI=1S/C46H62O17/c1-8-17-34-21-16-11-10-15-20-33(50)23-25-36(51)54-26-35-39(61-37(52)24-22-32-18-13-12-14-19-32)41(62-44(53)27(3)9-2)42(58-31(7)49)46(60-35)63-43-40(57-30(6)48)38(56-29(5)47)28(4)55-45(43)59-34/h9,12-14,18-19,22,24,28,34-35,38-43,45-46H,8,10-11,15-17,20-21,23,25-26H2,1-7H3/t28?,34-,35?,38?,39?,40?,41?,42?,43?,45?,46?/m0/s1. The molecule has 17 nitrogen and oxygen atoms in total. The van der Waals surface area contributed by atoms with Gasteiger partial charge in [0.15, 0.2) is 49.2 Å². The number of fused-ring (bicyclic) bond motifs is 3. The topological polar surface area (TPSA) is 212 Å². The minimum Gasteiger partial charge on any atom is -0.463 e. The zero-order valence-electron chi connectivity index (χ0n) is 37.2. The van der Waals surface area contributed by atoms with Crippen molar-refractivity contribution in [2.75, 3.05) is 6.61 Å². The Morgan fingerprint density at radius 1 is 0.698 bits per heavy atom. The average molecular weight is 887 g/mol. The van der Waals surface area contributed by atoms with Crippen LogP contribution in [0.15, 0.2) is 48.1 Å². The van der Waals surface area contributed by atoms with Gasteiger partial charge >= 0.3 is 35.8 Å². The Kier molecular flexibility index (Phi) is 20.4. The van der Waals surface area contributed by atoms with Crippen LogP contribution in [0.1, 0.15) is 118 Å². The van der Waals surface area contributed by atoms with Crippen LogP contribution in [0.5, 0.6) is 0 Å². The largest absolute Gasteiger partial charge is 0.463 e. The van der Waals surface area contributed by atoms with Crippen molar-refractivity contribution in [3.63, 3.8) is 0 Å². The lowest BCUT2D eigenvalue weighted by atomic mass is 9.96. The van der Waals surface area contributed by atoms with Crippen molar-refractivity contribution >= 4 is 47.7 Å². The molecule has 348 valence electrons. The van der Waals surface area contributed by atoms with Gasteiger partial charge in [-0.1, -0.05) is 69.0 Å². The molecule has 2 bridgehead atoms. The molecule has 63 heavy (non-hydrogen) atoms. The molecule has 0 spiro atoms. The average Bonchev–Trinajstić information content (AvgIpc) is 3.23. The molecule has 0 radical (unpaired) electrons. The zero-order chi connectivity index (χ0) is 46.1. The third-order valence-electron chi connectivity index (χ3n) is 10.7. The first-order chi connectivity index (χ1) is 30.1. The summed E-state index contributed by atoms with van der Waals surface area (Å²) in [5, 5.41) is 0. The van der Waals surface area contributed by atoms with Crippen molar-refractivity contribution in [2.24, 2.45) is 0 Å². The van der Waals surface area contributed by atoms with Crippen LogP contribution in [-0.2, 0) is 80.9 Å². The Hall–Kier alpha value is -4.97. The molecule has 3 fully saturated rings. The molecule has 3 saturated heterocycles. The second kappa shape index (κ2) is 25.4. The summed E-state index contributed by atoms with van der Waals surface area (Å²) in [6.45, 7) is 9.49. The molecule has 0 amide bonds. The molecular weight excluding hydrogens is 824 g/mol. The quantitative estimate of drug-likeness (QED) is 0.160. The molecule has 3 aliphatic rings. The predicted molar refractivity (Wildman–Crippen MR) is 222 cm³/mol. The van der Waals surface area contributed by atoms with Crippen LogP contribution in [-0.4, -0.2) is 116 Å². The smallest absolute Gasteiger partial charge is 0.333 e. The number of ketones is 1. The van der Waals surface area contributed by atoms with E-state index < -0.39 is 110 Å². The third kappa shape index (κ3) is 16.0. The molecule has 0 N–H and O–H groups in total. The number of allylic oxidation sites excluding steroid dienone is 1. The van der Waals surface area contributed by atoms with Crippen LogP contribution in [0.3, 0.4) is 0 Å². The van der Waals surface area contributed by atoms with Gasteiger partial charge in [-0.15, -0.1) is 0 Å². The number of carbonyl (C=O) groups is 7. The molecule has 4 rings (SSSR count). The van der Waals surface area contributed by atoms with Gasteiger partial charge in [-0.05, 0) is 51.7 Å². The lowest BCUT2D eigenvalue weighted by molar-refractivity contribution is -0.370. The number of hydrogen-bond donors (Lipinski definition) is 0. The maximum absolute atomic E-state index is 13.6. The fourth-order valence-corrected chi connectivity index (χ4v) is 7.47. The molecule has 3 aliphatic heterocycles. The second-order valence-corrected chi connectivity index (χ2v) is 15.8. The van der Waals surface area contributed by atoms with Gasteiger partial charge in [-0.2, -0.15) is 0 Å². The minimum absolute atomic E-state index is 0.0644. The van der Waals surface area contributed by atoms with E-state index in [2.05, 4.69) is 0 Å². The first-order valence-electron chi connectivity index (χ1n) is 21.7. The molecule has 1 aromatic carbocycles. The summed E-state index contributed by atoms with van der Waals surface area (Å²) < 4.78 is 60.9. The van der Waals surface area contributed by atoms with Crippen LogP contribution in [0.4, 0.5) is 0 Å². The number of ether oxygens (including phenoxy) is 10. The lowest BCUT2D eigenvalue weighted by Crippen LogP contribution is -2.67. The van der Waals surface area contributed by atoms with Crippen LogP contribution < -0.4 is 0 Å². The summed E-state index contributed by atoms with van der Waals surface area (Å²) in [6.07, 6.45) is -6.10. The van der Waals surface area contributed by atoms with E-state index in [1.54, 1.807) is 44.2 Å². The molecule has 0 saturated carbocycles. The number of carbonyl (C=O) groups excluding carboxylic acids is 7. The van der Waals surface area contributed by atoms with Crippen molar-refractivity contribution in [3.05, 3.63) is 53.6 Å². The monoisotopic (exact) mass is 886 g/mol. The van der Waals surface area contributed by atoms with Gasteiger partial charge in [0.05, 0.1) is 18.6 Å². The van der Waals surface area contributed by atoms with Crippen molar-refractivity contribution < 1.29 is 80.9 Å². The third-order valence-corrected chi connectivity index (χ3v) is 10.7. The number of cyclic esters (lactones) is 1. The highest BCUT2D eigenvalue weighted by atomic mass is 16.8. The Balaban J connectivity index is 1.89. The van der Waals surface area contributed by atoms with E-state index in [0.29, 0.717) is 24.8 Å². The summed E-state index contributed by atoms with van der Waals surface area (Å²) in [5.74, 6) is -5.04. The maximum atomic E-state index is 13.6. The maximum Gasteiger partial charge on any atom is 0.333 e. The van der Waals surface area contributed by atoms with Gasteiger partial charge in [-0.25, -0.2) is 9.59 Å². The predicted octanol–water partition coefficient (Wildman–Crippen LogP) is 5.57. The van der Waals surface area contributed by atoms with Gasteiger partial charge in [0.1, 0.15) is 18.5 Å². The van der Waals surface area contributed by atoms with E-state index in [-0.39, 0.29) is 30.6 Å². The molecule has 17 heteroatoms.